The van der Waals surface area contributed by atoms with Gasteiger partial charge in [-0.3, -0.25) is 42.5 Å². The molecule has 0 aliphatic carbocycles. The van der Waals surface area contributed by atoms with Gasteiger partial charge in [0.1, 0.15) is 92.9 Å². The largest absolute Gasteiger partial charge is 0.431 e. The third-order valence-corrected chi connectivity index (χ3v) is 17.7. The van der Waals surface area contributed by atoms with Gasteiger partial charge in [-0.15, -0.1) is 0 Å². The Balaban J connectivity index is 0.000000219. The summed E-state index contributed by atoms with van der Waals surface area (Å²) in [6, 6.07) is 7.22. The SMILES string of the molecule is C.C.C.C=CC(=O)N1CCN(c2ncnc3c(=O)n(-c4c(N)c(Cl)cc(Cl)c4F)c(C(F)(F)F)cc23)CC1.C=CC(=O)N1CCN(c2ncnc3c(=O)n(-c4c(N)c(Cl)cc(Cl)c4F)c(C(F)(F)F)cc23)CC1.C=CC(=O)N1CCN(c2ncnc3c(=O)n(-c4c(N)cccc4F)c(C(F)(F)F)cc23)CC1. The van der Waals surface area contributed by atoms with Crippen LogP contribution < -0.4 is 48.6 Å². The van der Waals surface area contributed by atoms with Crippen molar-refractivity contribution in [3.8, 4) is 17.1 Å². The minimum atomic E-state index is -5.11. The fourth-order valence-corrected chi connectivity index (χ4v) is 12.5. The lowest BCUT2D eigenvalue weighted by Gasteiger charge is -2.35. The van der Waals surface area contributed by atoms with Gasteiger partial charge in [0.15, 0.2) is 11.6 Å². The first-order chi connectivity index (χ1) is 48.5. The summed E-state index contributed by atoms with van der Waals surface area (Å²) in [5.74, 6) is -4.36. The first-order valence-corrected chi connectivity index (χ1v) is 31.4. The van der Waals surface area contributed by atoms with Gasteiger partial charge in [-0.2, -0.15) is 39.5 Å². The molecule has 0 radical (unpaired) electrons. The molecule has 0 atom stereocenters. The number of nitrogen functional groups attached to an aromatic ring is 3. The molecule has 9 heterocycles. The molecule has 6 N–H and O–H groups in total. The molecule has 0 bridgehead atoms. The van der Waals surface area contributed by atoms with Crippen LogP contribution in [-0.4, -0.2) is 155 Å². The molecule has 40 heteroatoms. The van der Waals surface area contributed by atoms with Crippen LogP contribution in [0.2, 0.25) is 20.1 Å². The molecule has 3 amide bonds. The second-order valence-corrected chi connectivity index (χ2v) is 24.1. The molecule has 24 nitrogen and oxygen atoms in total. The Morgan fingerprint density at radius 3 is 0.943 bits per heavy atom. The molecular weight excluding hydrogens is 1510 g/mol. The van der Waals surface area contributed by atoms with Gasteiger partial charge >= 0.3 is 18.5 Å². The van der Waals surface area contributed by atoms with Gasteiger partial charge in [0, 0.05) is 78.5 Å². The van der Waals surface area contributed by atoms with Crippen molar-refractivity contribution in [1.29, 1.82) is 0 Å². The summed E-state index contributed by atoms with van der Waals surface area (Å²) in [7, 11) is 0. The number of pyridine rings is 3. The van der Waals surface area contributed by atoms with Crippen molar-refractivity contribution in [2.75, 3.05) is 110 Å². The number of piperazine rings is 3. The van der Waals surface area contributed by atoms with E-state index in [0.29, 0.717) is 25.2 Å². The van der Waals surface area contributed by atoms with Gasteiger partial charge < -0.3 is 46.6 Å². The second-order valence-electron chi connectivity index (χ2n) is 22.4. The summed E-state index contributed by atoms with van der Waals surface area (Å²) < 4.78 is 172. The monoisotopic (exact) mass is 1570 g/mol. The normalized spacial score (nSPS) is 14.1. The van der Waals surface area contributed by atoms with Crippen LogP contribution in [0.15, 0.2) is 120 Å². The zero-order valence-electron chi connectivity index (χ0n) is 52.6. The molecule has 12 rings (SSSR count). The number of nitrogens with two attached hydrogens (primary N) is 3. The predicted octanol–water partition coefficient (Wildman–Crippen LogP) is 11.6. The molecule has 3 fully saturated rings. The van der Waals surface area contributed by atoms with Crippen molar-refractivity contribution >= 4 is 131 Å². The first kappa shape index (κ1) is 82.6. The summed E-state index contributed by atoms with van der Waals surface area (Å²) in [5, 5.41) is -2.43. The van der Waals surface area contributed by atoms with Gasteiger partial charge in [-0.05, 0) is 60.7 Å². The van der Waals surface area contributed by atoms with Crippen molar-refractivity contribution in [2.45, 2.75) is 40.8 Å². The molecule has 6 aromatic heterocycles. The Morgan fingerprint density at radius 2 is 0.689 bits per heavy atom. The minimum Gasteiger partial charge on any atom is -0.397 e. The smallest absolute Gasteiger partial charge is 0.397 e. The zero-order chi connectivity index (χ0) is 75.2. The number of rotatable bonds is 9. The highest BCUT2D eigenvalue weighted by molar-refractivity contribution is 6.37. The molecule has 3 saturated heterocycles. The van der Waals surface area contributed by atoms with Gasteiger partial charge in [0.05, 0.1) is 53.3 Å². The van der Waals surface area contributed by atoms with Crippen LogP contribution in [0.1, 0.15) is 39.4 Å². The number of anilines is 6. The Morgan fingerprint density at radius 1 is 0.415 bits per heavy atom. The van der Waals surface area contributed by atoms with Crippen molar-refractivity contribution in [1.82, 2.24) is 58.3 Å². The third-order valence-electron chi connectivity index (χ3n) is 16.5. The maximum Gasteiger partial charge on any atom is 0.431 e. The van der Waals surface area contributed by atoms with Gasteiger partial charge in [-0.25, -0.2) is 43.1 Å². The number of alkyl halides is 9. The lowest BCUT2D eigenvalue weighted by molar-refractivity contribution is -0.143. The number of aromatic nitrogens is 9. The van der Waals surface area contributed by atoms with Crippen molar-refractivity contribution in [2.24, 2.45) is 0 Å². The average Bonchev–Trinajstić information content (AvgIpc) is 0.748. The molecule has 3 aliphatic rings. The van der Waals surface area contributed by atoms with E-state index in [2.05, 4.69) is 49.6 Å². The molecule has 564 valence electrons. The molecule has 9 aromatic rings. The van der Waals surface area contributed by atoms with Crippen LogP contribution in [-0.2, 0) is 32.9 Å². The lowest BCUT2D eigenvalue weighted by atomic mass is 10.1. The number of hydrogen-bond acceptors (Lipinski definition) is 18. The number of carbonyl (C=O) groups is 3. The van der Waals surface area contributed by atoms with Crippen molar-refractivity contribution in [3.63, 3.8) is 0 Å². The van der Waals surface area contributed by atoms with E-state index in [4.69, 9.17) is 63.6 Å². The van der Waals surface area contributed by atoms with E-state index in [9.17, 15) is 81.5 Å². The highest BCUT2D eigenvalue weighted by Gasteiger charge is 2.42. The number of hydrogen-bond donors (Lipinski definition) is 3. The third kappa shape index (κ3) is 15.9. The summed E-state index contributed by atoms with van der Waals surface area (Å²) >= 11 is 23.4. The maximum absolute atomic E-state index is 14.9. The van der Waals surface area contributed by atoms with E-state index in [1.54, 1.807) is 19.6 Å². The van der Waals surface area contributed by atoms with E-state index < -0.39 is 119 Å². The number of halogens is 16. The molecule has 3 aromatic carbocycles. The number of para-hydroxylation sites is 1. The Kier molecular flexibility index (Phi) is 25.2. The number of carbonyl (C=O) groups excluding carboxylic acids is 3. The topological polar surface area (TPSA) is 292 Å². The number of nitrogens with zero attached hydrogens (tertiary/aromatic N) is 15. The average molecular weight is 1570 g/mol. The predicted molar refractivity (Wildman–Crippen MR) is 381 cm³/mol. The van der Waals surface area contributed by atoms with E-state index in [1.807, 2.05) is 0 Å². The number of amides is 3. The van der Waals surface area contributed by atoms with Crippen molar-refractivity contribution < 1.29 is 67.1 Å². The first-order valence-electron chi connectivity index (χ1n) is 29.9. The maximum atomic E-state index is 14.9. The molecule has 106 heavy (non-hydrogen) atoms. The fourth-order valence-electron chi connectivity index (χ4n) is 11.6. The van der Waals surface area contributed by atoms with Crippen LogP contribution in [0.25, 0.3) is 49.8 Å². The second kappa shape index (κ2) is 32.3. The molecule has 3 aliphatic heterocycles. The molecular formula is C66H62Cl4F12N18O6. The van der Waals surface area contributed by atoms with Crippen LogP contribution in [0, 0.1) is 17.5 Å². The highest BCUT2D eigenvalue weighted by Crippen LogP contribution is 2.42. The van der Waals surface area contributed by atoms with Crippen molar-refractivity contribution in [3.05, 3.63) is 191 Å². The van der Waals surface area contributed by atoms with Gasteiger partial charge in [0.25, 0.3) is 16.7 Å². The van der Waals surface area contributed by atoms with Crippen LogP contribution in [0.4, 0.5) is 87.2 Å². The summed E-state index contributed by atoms with van der Waals surface area (Å²) in [5.41, 5.74) is 3.84. The summed E-state index contributed by atoms with van der Waals surface area (Å²) in [6.07, 6.45) is -8.62. The van der Waals surface area contributed by atoms with Gasteiger partial charge in [-0.1, -0.05) is 94.5 Å². The van der Waals surface area contributed by atoms with E-state index in [1.165, 1.54) is 40.2 Å². The summed E-state index contributed by atoms with van der Waals surface area (Å²) in [6.45, 7) is 13.5. The van der Waals surface area contributed by atoms with E-state index in [0.717, 1.165) is 43.2 Å². The number of benzene rings is 3. The Hall–Kier alpha value is -10.7. The van der Waals surface area contributed by atoms with Crippen LogP contribution in [0.5, 0.6) is 0 Å². The zero-order valence-corrected chi connectivity index (χ0v) is 55.7. The summed E-state index contributed by atoms with van der Waals surface area (Å²) in [4.78, 5) is 109. The van der Waals surface area contributed by atoms with Crippen LogP contribution >= 0.6 is 46.4 Å². The molecule has 0 unspecified atom stereocenters. The van der Waals surface area contributed by atoms with Crippen LogP contribution in [0.3, 0.4) is 0 Å². The Bertz CT molecular complexity index is 4870. The van der Waals surface area contributed by atoms with Gasteiger partial charge in [0.2, 0.25) is 17.7 Å². The fraction of sp³-hybridized carbons (Fsp3) is 0.273. The lowest BCUT2D eigenvalue weighted by Crippen LogP contribution is -2.48. The number of fused-ring (bicyclic) bond motifs is 3. The standard InChI is InChI=1S/2C21H16Cl2F4N6O2.C21H18F4N6O2.3CH4/c2*1-2-14(34)31-3-5-32(6-4-31)19-10-7-13(21(25,26)27)33(20(35)17(10)29-9-30-19)18-15(24)11(22)8-12(23)16(18)28;1-2-16(32)29-6-8-30(9-7-29)19-12-10-15(21(23,24)25)31(20(33)17(12)27-11-28-19)18-13(22)4-3-5-14(18)26;;;/h2*2,7-9H,1,3-6,28H2;2-5,10-11H,1,6-9,26H2;3*1H4. The van der Waals surface area contributed by atoms with E-state index in [-0.39, 0.29) is 174 Å². The minimum absolute atomic E-state index is 0. The Labute approximate surface area is 613 Å². The highest BCUT2D eigenvalue weighted by atomic mass is 35.5. The molecule has 0 spiro atoms. The van der Waals surface area contributed by atoms with E-state index >= 15 is 0 Å². The quantitative estimate of drug-likeness (QED) is 0.0523. The molecule has 0 saturated carbocycles.